The number of halogens is 1. The van der Waals surface area contributed by atoms with Crippen LogP contribution in [0.15, 0.2) is 0 Å². The van der Waals surface area contributed by atoms with Gasteiger partial charge in [0.2, 0.25) is 0 Å². The lowest BCUT2D eigenvalue weighted by molar-refractivity contribution is 0.00781. The summed E-state index contributed by atoms with van der Waals surface area (Å²) in [6, 6.07) is 0. The average molecular weight is 273 g/mol. The number of hydrogen-bond donors (Lipinski definition) is 0. The van der Waals surface area contributed by atoms with E-state index in [1.807, 2.05) is 0 Å². The van der Waals surface area contributed by atoms with Crippen molar-refractivity contribution in [2.24, 2.45) is 17.3 Å². The molecule has 2 heteroatoms. The molecular formula is C16H29ClO. The highest BCUT2D eigenvalue weighted by Gasteiger charge is 2.40. The Kier molecular flexibility index (Phi) is 4.65. The van der Waals surface area contributed by atoms with Crippen molar-refractivity contribution in [3.63, 3.8) is 0 Å². The molecule has 0 radical (unpaired) electrons. The minimum absolute atomic E-state index is 0.321. The molecule has 0 aromatic rings. The van der Waals surface area contributed by atoms with E-state index in [1.54, 1.807) is 0 Å². The molecule has 2 aliphatic rings. The second-order valence-corrected chi connectivity index (χ2v) is 7.94. The Morgan fingerprint density at radius 2 is 1.83 bits per heavy atom. The molecular weight excluding hydrogens is 244 g/mol. The maximum absolute atomic E-state index is 6.64. The number of ether oxygens (including phenoxy) is 1. The van der Waals surface area contributed by atoms with Crippen molar-refractivity contribution in [2.75, 3.05) is 0 Å². The largest absolute Gasteiger partial charge is 0.375 e. The van der Waals surface area contributed by atoms with Crippen molar-refractivity contribution >= 4 is 11.6 Å². The van der Waals surface area contributed by atoms with Crippen LogP contribution in [0, 0.1) is 17.3 Å². The fraction of sp³-hybridized carbons (Fsp3) is 1.00. The Hall–Kier alpha value is 0.250. The third-order valence-electron chi connectivity index (χ3n) is 5.11. The summed E-state index contributed by atoms with van der Waals surface area (Å²) in [6.45, 7) is 9.32. The Morgan fingerprint density at radius 3 is 2.39 bits per heavy atom. The molecule has 2 rings (SSSR count). The molecule has 1 saturated heterocycles. The number of alkyl halides is 1. The highest BCUT2D eigenvalue weighted by molar-refractivity contribution is 6.20. The zero-order chi connectivity index (χ0) is 13.3. The van der Waals surface area contributed by atoms with Gasteiger partial charge >= 0.3 is 0 Å². The van der Waals surface area contributed by atoms with E-state index in [0.29, 0.717) is 28.9 Å². The van der Waals surface area contributed by atoms with E-state index in [1.165, 1.54) is 38.5 Å². The van der Waals surface area contributed by atoms with Crippen LogP contribution in [-0.2, 0) is 4.74 Å². The Morgan fingerprint density at radius 1 is 1.11 bits per heavy atom. The quantitative estimate of drug-likeness (QED) is 0.656. The fourth-order valence-corrected chi connectivity index (χ4v) is 4.74. The van der Waals surface area contributed by atoms with E-state index in [4.69, 9.17) is 16.3 Å². The molecule has 0 spiro atoms. The zero-order valence-corrected chi connectivity index (χ0v) is 13.2. The first kappa shape index (κ1) is 14.7. The zero-order valence-electron chi connectivity index (χ0n) is 12.4. The monoisotopic (exact) mass is 272 g/mol. The van der Waals surface area contributed by atoms with Crippen molar-refractivity contribution in [3.8, 4) is 0 Å². The van der Waals surface area contributed by atoms with Gasteiger partial charge in [-0.25, -0.2) is 0 Å². The molecule has 1 heterocycles. The van der Waals surface area contributed by atoms with Crippen molar-refractivity contribution in [3.05, 3.63) is 0 Å². The Labute approximate surface area is 118 Å². The molecule has 18 heavy (non-hydrogen) atoms. The maximum atomic E-state index is 6.64. The Balaban J connectivity index is 1.93. The molecule has 0 aromatic heterocycles. The summed E-state index contributed by atoms with van der Waals surface area (Å²) < 4.78 is 6.00. The van der Waals surface area contributed by atoms with Gasteiger partial charge in [0.1, 0.15) is 0 Å². The van der Waals surface area contributed by atoms with Gasteiger partial charge in [-0.3, -0.25) is 0 Å². The molecule has 0 N–H and O–H groups in total. The van der Waals surface area contributed by atoms with Crippen LogP contribution in [0.2, 0.25) is 0 Å². The first-order chi connectivity index (χ1) is 8.38. The summed E-state index contributed by atoms with van der Waals surface area (Å²) in [5, 5.41) is 0.363. The van der Waals surface area contributed by atoms with E-state index in [9.17, 15) is 0 Å². The van der Waals surface area contributed by atoms with Crippen molar-refractivity contribution in [1.82, 2.24) is 0 Å². The predicted molar refractivity (Wildman–Crippen MR) is 78.1 cm³/mol. The topological polar surface area (TPSA) is 9.23 Å². The SMILES string of the molecule is CC1CCC(C(C)(C)CC2CCC(C)O2)C(Cl)C1. The van der Waals surface area contributed by atoms with Crippen LogP contribution in [-0.4, -0.2) is 17.6 Å². The molecule has 1 aliphatic carbocycles. The molecule has 106 valence electrons. The van der Waals surface area contributed by atoms with Gasteiger partial charge in [-0.05, 0) is 56.3 Å². The van der Waals surface area contributed by atoms with Crippen LogP contribution in [0.4, 0.5) is 0 Å². The Bertz CT molecular complexity index is 276. The first-order valence-electron chi connectivity index (χ1n) is 7.68. The van der Waals surface area contributed by atoms with Gasteiger partial charge in [0, 0.05) is 5.38 Å². The highest BCUT2D eigenvalue weighted by atomic mass is 35.5. The minimum atomic E-state index is 0.321. The highest BCUT2D eigenvalue weighted by Crippen LogP contribution is 2.46. The van der Waals surface area contributed by atoms with E-state index in [0.717, 1.165) is 5.92 Å². The van der Waals surface area contributed by atoms with Crippen molar-refractivity contribution in [2.45, 2.75) is 83.8 Å². The first-order valence-corrected chi connectivity index (χ1v) is 8.11. The molecule has 0 bridgehead atoms. The van der Waals surface area contributed by atoms with Gasteiger partial charge in [0.05, 0.1) is 12.2 Å². The minimum Gasteiger partial charge on any atom is -0.375 e. The number of hydrogen-bond acceptors (Lipinski definition) is 1. The lowest BCUT2D eigenvalue weighted by Crippen LogP contribution is -2.38. The van der Waals surface area contributed by atoms with Crippen molar-refractivity contribution < 1.29 is 4.74 Å². The van der Waals surface area contributed by atoms with Gasteiger partial charge in [-0.2, -0.15) is 0 Å². The second-order valence-electron chi connectivity index (χ2n) is 7.38. The third-order valence-corrected chi connectivity index (χ3v) is 5.59. The normalized spacial score (nSPS) is 42.2. The summed E-state index contributed by atoms with van der Waals surface area (Å²) in [7, 11) is 0. The lowest BCUT2D eigenvalue weighted by Gasteiger charge is -2.43. The molecule has 2 fully saturated rings. The van der Waals surface area contributed by atoms with E-state index < -0.39 is 0 Å². The van der Waals surface area contributed by atoms with Gasteiger partial charge in [0.25, 0.3) is 0 Å². The van der Waals surface area contributed by atoms with E-state index in [-0.39, 0.29) is 0 Å². The number of rotatable bonds is 3. The average Bonchev–Trinajstić information content (AvgIpc) is 2.62. The smallest absolute Gasteiger partial charge is 0.0584 e. The summed E-state index contributed by atoms with van der Waals surface area (Å²) in [4.78, 5) is 0. The standard InChI is InChI=1S/C16H29ClO/c1-11-5-8-14(15(17)9-11)16(3,4)10-13-7-6-12(2)18-13/h11-15H,5-10H2,1-4H3. The van der Waals surface area contributed by atoms with Crippen LogP contribution in [0.25, 0.3) is 0 Å². The third kappa shape index (κ3) is 3.42. The van der Waals surface area contributed by atoms with Gasteiger partial charge in [-0.1, -0.05) is 27.2 Å². The molecule has 1 aliphatic heterocycles. The van der Waals surface area contributed by atoms with Gasteiger partial charge in [-0.15, -0.1) is 11.6 Å². The van der Waals surface area contributed by atoms with Crippen LogP contribution in [0.5, 0.6) is 0 Å². The molecule has 1 nitrogen and oxygen atoms in total. The fourth-order valence-electron chi connectivity index (χ4n) is 3.97. The predicted octanol–water partition coefficient (Wildman–Crippen LogP) is 5.01. The van der Waals surface area contributed by atoms with E-state index in [2.05, 4.69) is 27.7 Å². The van der Waals surface area contributed by atoms with Crippen LogP contribution < -0.4 is 0 Å². The van der Waals surface area contributed by atoms with Gasteiger partial charge in [0.15, 0.2) is 0 Å². The van der Waals surface area contributed by atoms with Crippen LogP contribution >= 0.6 is 11.6 Å². The summed E-state index contributed by atoms with van der Waals surface area (Å²) >= 11 is 6.64. The van der Waals surface area contributed by atoms with Crippen molar-refractivity contribution in [1.29, 1.82) is 0 Å². The molecule has 0 amide bonds. The second kappa shape index (κ2) is 5.71. The van der Waals surface area contributed by atoms with Crippen LogP contribution in [0.3, 0.4) is 0 Å². The summed E-state index contributed by atoms with van der Waals surface area (Å²) in [6.07, 6.45) is 8.41. The van der Waals surface area contributed by atoms with Gasteiger partial charge < -0.3 is 4.74 Å². The molecule has 0 aromatic carbocycles. The summed E-state index contributed by atoms with van der Waals surface area (Å²) in [5.41, 5.74) is 0.321. The summed E-state index contributed by atoms with van der Waals surface area (Å²) in [5.74, 6) is 1.47. The van der Waals surface area contributed by atoms with E-state index >= 15 is 0 Å². The molecule has 5 unspecified atom stereocenters. The molecule has 1 saturated carbocycles. The lowest BCUT2D eigenvalue weighted by atomic mass is 9.66. The van der Waals surface area contributed by atoms with Crippen LogP contribution in [0.1, 0.15) is 66.2 Å². The molecule has 5 atom stereocenters. The maximum Gasteiger partial charge on any atom is 0.0584 e.